The zero-order valence-corrected chi connectivity index (χ0v) is 16.5. The largest absolute Gasteiger partial charge is 0.378 e. The molecule has 1 fully saturated rings. The normalized spacial score (nSPS) is 18.3. The number of benzene rings is 2. The lowest BCUT2D eigenvalue weighted by atomic mass is 10.1. The van der Waals surface area contributed by atoms with Crippen molar-refractivity contribution in [2.45, 2.75) is 31.7 Å². The standard InChI is InChI=1S/C20H24N2O4S/c1-14-5-4-6-15(2)19(14)21-20(23)17-7-9-18(10-8-17)27(24,25)22-11-12-26-13-16(22)3/h4-10,16H,11-13H2,1-3H3,(H,21,23). The molecule has 1 N–H and O–H groups in total. The zero-order chi connectivity index (χ0) is 19.6. The van der Waals surface area contributed by atoms with Gasteiger partial charge in [0, 0.05) is 23.8 Å². The topological polar surface area (TPSA) is 75.7 Å². The van der Waals surface area contributed by atoms with Crippen LogP contribution in [0.3, 0.4) is 0 Å². The van der Waals surface area contributed by atoms with E-state index < -0.39 is 10.0 Å². The minimum Gasteiger partial charge on any atom is -0.378 e. The van der Waals surface area contributed by atoms with Gasteiger partial charge in [0.1, 0.15) is 0 Å². The van der Waals surface area contributed by atoms with Crippen molar-refractivity contribution in [2.24, 2.45) is 0 Å². The van der Waals surface area contributed by atoms with Gasteiger partial charge in [0.2, 0.25) is 10.0 Å². The molecule has 0 bridgehead atoms. The van der Waals surface area contributed by atoms with Gasteiger partial charge in [-0.25, -0.2) is 8.42 Å². The van der Waals surface area contributed by atoms with Crippen LogP contribution in [0.1, 0.15) is 28.4 Å². The molecule has 1 aliphatic rings. The van der Waals surface area contributed by atoms with E-state index >= 15 is 0 Å². The van der Waals surface area contributed by atoms with Gasteiger partial charge in [-0.05, 0) is 56.2 Å². The van der Waals surface area contributed by atoms with E-state index in [0.29, 0.717) is 25.3 Å². The average molecular weight is 388 g/mol. The average Bonchev–Trinajstić information content (AvgIpc) is 2.65. The summed E-state index contributed by atoms with van der Waals surface area (Å²) in [5.74, 6) is -0.268. The summed E-state index contributed by atoms with van der Waals surface area (Å²) in [6, 6.07) is 11.6. The van der Waals surface area contributed by atoms with E-state index in [2.05, 4.69) is 5.32 Å². The molecule has 6 nitrogen and oxygen atoms in total. The first kappa shape index (κ1) is 19.5. The van der Waals surface area contributed by atoms with Crippen LogP contribution in [0.2, 0.25) is 0 Å². The van der Waals surface area contributed by atoms with Gasteiger partial charge in [0.25, 0.3) is 5.91 Å². The fourth-order valence-corrected chi connectivity index (χ4v) is 4.78. The van der Waals surface area contributed by atoms with Crippen molar-refractivity contribution >= 4 is 21.6 Å². The molecule has 1 amide bonds. The van der Waals surface area contributed by atoms with Crippen LogP contribution in [0.5, 0.6) is 0 Å². The van der Waals surface area contributed by atoms with Crippen LogP contribution in [-0.4, -0.2) is 44.4 Å². The summed E-state index contributed by atoms with van der Waals surface area (Å²) in [5, 5.41) is 2.91. The van der Waals surface area contributed by atoms with Crippen LogP contribution in [0, 0.1) is 13.8 Å². The van der Waals surface area contributed by atoms with Crippen LogP contribution in [0.25, 0.3) is 0 Å². The molecule has 2 aromatic rings. The number of carbonyl (C=O) groups is 1. The lowest BCUT2D eigenvalue weighted by Gasteiger charge is -2.32. The molecule has 7 heteroatoms. The van der Waals surface area contributed by atoms with Crippen LogP contribution < -0.4 is 5.32 Å². The van der Waals surface area contributed by atoms with Crippen molar-refractivity contribution in [2.75, 3.05) is 25.1 Å². The highest BCUT2D eigenvalue weighted by Gasteiger charge is 2.31. The van der Waals surface area contributed by atoms with Gasteiger partial charge >= 0.3 is 0 Å². The molecule has 0 spiro atoms. The van der Waals surface area contributed by atoms with Gasteiger partial charge in [-0.3, -0.25) is 4.79 Å². The number of ether oxygens (including phenoxy) is 1. The quantitative estimate of drug-likeness (QED) is 0.874. The molecule has 0 aliphatic carbocycles. The van der Waals surface area contributed by atoms with Crippen LogP contribution in [0.4, 0.5) is 5.69 Å². The van der Waals surface area contributed by atoms with Crippen LogP contribution in [0.15, 0.2) is 47.4 Å². The molecular formula is C20H24N2O4S. The molecule has 1 saturated heterocycles. The van der Waals surface area contributed by atoms with E-state index in [-0.39, 0.29) is 16.8 Å². The number of anilines is 1. The predicted octanol–water partition coefficient (Wildman–Crippen LogP) is 2.97. The number of carbonyl (C=O) groups excluding carboxylic acids is 1. The lowest BCUT2D eigenvalue weighted by Crippen LogP contribution is -2.46. The molecule has 1 atom stereocenters. The van der Waals surface area contributed by atoms with E-state index in [4.69, 9.17) is 4.74 Å². The van der Waals surface area contributed by atoms with E-state index in [0.717, 1.165) is 16.8 Å². The Hall–Kier alpha value is -2.22. The number of para-hydroxylation sites is 1. The number of sulfonamides is 1. The van der Waals surface area contributed by atoms with Gasteiger partial charge in [-0.1, -0.05) is 18.2 Å². The Morgan fingerprint density at radius 1 is 1.11 bits per heavy atom. The molecule has 27 heavy (non-hydrogen) atoms. The summed E-state index contributed by atoms with van der Waals surface area (Å²) in [6.07, 6.45) is 0. The van der Waals surface area contributed by atoms with Gasteiger partial charge in [0.05, 0.1) is 18.1 Å². The first-order chi connectivity index (χ1) is 12.8. The van der Waals surface area contributed by atoms with E-state index in [1.165, 1.54) is 16.4 Å². The fraction of sp³-hybridized carbons (Fsp3) is 0.350. The second kappa shape index (κ2) is 7.80. The highest BCUT2D eigenvalue weighted by atomic mass is 32.2. The van der Waals surface area contributed by atoms with E-state index in [1.54, 1.807) is 12.1 Å². The third-order valence-corrected chi connectivity index (χ3v) is 6.78. The van der Waals surface area contributed by atoms with E-state index in [9.17, 15) is 13.2 Å². The third kappa shape index (κ3) is 4.05. The molecule has 0 aromatic heterocycles. The number of hydrogen-bond acceptors (Lipinski definition) is 4. The highest BCUT2D eigenvalue weighted by Crippen LogP contribution is 2.23. The Balaban J connectivity index is 1.79. The molecule has 1 unspecified atom stereocenters. The molecule has 2 aromatic carbocycles. The molecular weight excluding hydrogens is 364 g/mol. The maximum atomic E-state index is 12.8. The van der Waals surface area contributed by atoms with Crippen molar-refractivity contribution in [1.29, 1.82) is 0 Å². The maximum absolute atomic E-state index is 12.8. The minimum atomic E-state index is -3.60. The van der Waals surface area contributed by atoms with Gasteiger partial charge in [-0.2, -0.15) is 4.31 Å². The van der Waals surface area contributed by atoms with Crippen molar-refractivity contribution in [3.8, 4) is 0 Å². The number of nitrogens with zero attached hydrogens (tertiary/aromatic N) is 1. The Labute approximate surface area is 160 Å². The van der Waals surface area contributed by atoms with Gasteiger partial charge in [0.15, 0.2) is 0 Å². The number of rotatable bonds is 4. The van der Waals surface area contributed by atoms with E-state index in [1.807, 2.05) is 39.0 Å². The molecule has 0 saturated carbocycles. The summed E-state index contributed by atoms with van der Waals surface area (Å²) in [5.41, 5.74) is 3.14. The number of aryl methyl sites for hydroxylation is 2. The van der Waals surface area contributed by atoms with Crippen molar-refractivity contribution in [3.63, 3.8) is 0 Å². The molecule has 144 valence electrons. The number of morpholine rings is 1. The van der Waals surface area contributed by atoms with Gasteiger partial charge in [-0.15, -0.1) is 0 Å². The molecule has 1 heterocycles. The minimum absolute atomic E-state index is 0.180. The summed E-state index contributed by atoms with van der Waals surface area (Å²) >= 11 is 0. The number of amides is 1. The Kier molecular flexibility index (Phi) is 5.64. The number of hydrogen-bond donors (Lipinski definition) is 1. The smallest absolute Gasteiger partial charge is 0.255 e. The molecule has 3 rings (SSSR count). The zero-order valence-electron chi connectivity index (χ0n) is 15.7. The summed E-state index contributed by atoms with van der Waals surface area (Å²) < 4.78 is 32.4. The van der Waals surface area contributed by atoms with Crippen molar-refractivity contribution < 1.29 is 17.9 Å². The van der Waals surface area contributed by atoms with Crippen LogP contribution >= 0.6 is 0 Å². The fourth-order valence-electron chi connectivity index (χ4n) is 3.18. The lowest BCUT2D eigenvalue weighted by molar-refractivity contribution is 0.0393. The second-order valence-corrected chi connectivity index (χ2v) is 8.68. The van der Waals surface area contributed by atoms with Crippen LogP contribution in [-0.2, 0) is 14.8 Å². The van der Waals surface area contributed by atoms with Crippen molar-refractivity contribution in [3.05, 3.63) is 59.2 Å². The second-order valence-electron chi connectivity index (χ2n) is 6.79. The Morgan fingerprint density at radius 2 is 1.74 bits per heavy atom. The number of nitrogens with one attached hydrogen (secondary N) is 1. The maximum Gasteiger partial charge on any atom is 0.255 e. The Bertz CT molecular complexity index is 919. The Morgan fingerprint density at radius 3 is 2.33 bits per heavy atom. The first-order valence-corrected chi connectivity index (χ1v) is 10.3. The summed E-state index contributed by atoms with van der Waals surface area (Å²) in [4.78, 5) is 12.7. The predicted molar refractivity (Wildman–Crippen MR) is 104 cm³/mol. The highest BCUT2D eigenvalue weighted by molar-refractivity contribution is 7.89. The third-order valence-electron chi connectivity index (χ3n) is 4.75. The molecule has 1 aliphatic heterocycles. The van der Waals surface area contributed by atoms with Crippen molar-refractivity contribution in [1.82, 2.24) is 4.31 Å². The summed E-state index contributed by atoms with van der Waals surface area (Å²) in [6.45, 7) is 6.79. The first-order valence-electron chi connectivity index (χ1n) is 8.88. The molecule has 0 radical (unpaired) electrons. The van der Waals surface area contributed by atoms with Gasteiger partial charge < -0.3 is 10.1 Å². The SMILES string of the molecule is Cc1cccc(C)c1NC(=O)c1ccc(S(=O)(=O)N2CCOCC2C)cc1. The summed E-state index contributed by atoms with van der Waals surface area (Å²) in [7, 11) is -3.60. The monoisotopic (exact) mass is 388 g/mol.